The van der Waals surface area contributed by atoms with Crippen molar-refractivity contribution in [2.75, 3.05) is 11.4 Å². The van der Waals surface area contributed by atoms with Crippen molar-refractivity contribution in [1.29, 1.82) is 0 Å². The molecule has 0 saturated carbocycles. The van der Waals surface area contributed by atoms with Gasteiger partial charge in [-0.25, -0.2) is 4.39 Å². The van der Waals surface area contributed by atoms with Crippen molar-refractivity contribution in [2.45, 2.75) is 26.4 Å². The number of para-hydroxylation sites is 1. The van der Waals surface area contributed by atoms with E-state index in [0.29, 0.717) is 0 Å². The number of carbonyl (C=O) groups excluding carboxylic acids is 3. The molecule has 2 atom stereocenters. The first-order valence-corrected chi connectivity index (χ1v) is 9.23. The van der Waals surface area contributed by atoms with Crippen LogP contribution in [-0.2, 0) is 14.4 Å². The summed E-state index contributed by atoms with van der Waals surface area (Å²) in [7, 11) is 0. The zero-order valence-electron chi connectivity index (χ0n) is 16.1. The number of nitrogens with one attached hydrogen (secondary N) is 2. The maximum absolute atomic E-state index is 13.6. The average molecular weight is 399 g/mol. The molecule has 1 fully saturated rings. The Morgan fingerprint density at radius 3 is 2.52 bits per heavy atom. The Morgan fingerprint density at radius 2 is 1.83 bits per heavy atom. The molecule has 1 heterocycles. The van der Waals surface area contributed by atoms with Crippen molar-refractivity contribution in [3.8, 4) is 5.75 Å². The highest BCUT2D eigenvalue weighted by Crippen LogP contribution is 2.25. The van der Waals surface area contributed by atoms with E-state index in [9.17, 15) is 18.8 Å². The van der Waals surface area contributed by atoms with E-state index in [1.165, 1.54) is 25.1 Å². The van der Waals surface area contributed by atoms with Crippen LogP contribution < -0.4 is 20.5 Å². The van der Waals surface area contributed by atoms with E-state index in [0.717, 1.165) is 11.3 Å². The quantitative estimate of drug-likeness (QED) is 0.754. The van der Waals surface area contributed by atoms with Gasteiger partial charge in [0.1, 0.15) is 0 Å². The Balaban J connectivity index is 1.51. The molecule has 0 unspecified atom stereocenters. The van der Waals surface area contributed by atoms with Crippen LogP contribution in [0.25, 0.3) is 0 Å². The summed E-state index contributed by atoms with van der Waals surface area (Å²) < 4.78 is 18.9. The second kappa shape index (κ2) is 8.72. The third kappa shape index (κ3) is 4.90. The molecule has 0 bridgehead atoms. The van der Waals surface area contributed by atoms with Crippen LogP contribution in [0.1, 0.15) is 18.9 Å². The zero-order valence-corrected chi connectivity index (χ0v) is 16.1. The summed E-state index contributed by atoms with van der Waals surface area (Å²) in [6, 6.07) is 13.2. The maximum Gasteiger partial charge on any atom is 0.279 e. The van der Waals surface area contributed by atoms with Crippen molar-refractivity contribution >= 4 is 23.4 Å². The summed E-state index contributed by atoms with van der Waals surface area (Å²) >= 11 is 0. The highest BCUT2D eigenvalue weighted by molar-refractivity contribution is 6.00. The van der Waals surface area contributed by atoms with E-state index in [2.05, 4.69) is 10.9 Å². The third-order valence-corrected chi connectivity index (χ3v) is 4.66. The monoisotopic (exact) mass is 399 g/mol. The summed E-state index contributed by atoms with van der Waals surface area (Å²) in [6.45, 7) is 3.61. The van der Waals surface area contributed by atoms with Crippen LogP contribution in [0.5, 0.6) is 5.75 Å². The second-order valence-corrected chi connectivity index (χ2v) is 6.91. The molecule has 0 aromatic heterocycles. The Hall–Kier alpha value is -3.42. The first kappa shape index (κ1) is 20.3. The van der Waals surface area contributed by atoms with Gasteiger partial charge < -0.3 is 9.64 Å². The highest BCUT2D eigenvalue weighted by Gasteiger charge is 2.35. The Kier molecular flexibility index (Phi) is 6.11. The molecule has 7 nitrogen and oxygen atoms in total. The minimum absolute atomic E-state index is 0.0524. The van der Waals surface area contributed by atoms with E-state index in [1.54, 1.807) is 11.0 Å². The first-order chi connectivity index (χ1) is 13.8. The number of aryl methyl sites for hydroxylation is 1. The second-order valence-electron chi connectivity index (χ2n) is 6.91. The molecule has 0 radical (unpaired) electrons. The van der Waals surface area contributed by atoms with E-state index in [4.69, 9.17) is 4.74 Å². The number of anilines is 1. The molecule has 3 rings (SSSR count). The molecule has 1 aliphatic rings. The molecular formula is C21H22FN3O4. The lowest BCUT2D eigenvalue weighted by atomic mass is 10.1. The lowest BCUT2D eigenvalue weighted by molar-refractivity contribution is -0.134. The molecule has 8 heteroatoms. The van der Waals surface area contributed by atoms with Gasteiger partial charge in [0.15, 0.2) is 17.7 Å². The number of hydrogen-bond acceptors (Lipinski definition) is 4. The van der Waals surface area contributed by atoms with Gasteiger partial charge >= 0.3 is 0 Å². The molecular weight excluding hydrogens is 377 g/mol. The van der Waals surface area contributed by atoms with Crippen LogP contribution in [0.3, 0.4) is 0 Å². The van der Waals surface area contributed by atoms with E-state index in [1.807, 2.05) is 31.2 Å². The van der Waals surface area contributed by atoms with Crippen LogP contribution in [0.2, 0.25) is 0 Å². The van der Waals surface area contributed by atoms with Crippen LogP contribution in [0, 0.1) is 18.7 Å². The Morgan fingerprint density at radius 1 is 1.14 bits per heavy atom. The summed E-state index contributed by atoms with van der Waals surface area (Å²) in [5.74, 6) is -2.50. The fourth-order valence-corrected chi connectivity index (χ4v) is 2.97. The first-order valence-electron chi connectivity index (χ1n) is 9.23. The predicted octanol–water partition coefficient (Wildman–Crippen LogP) is 2.10. The largest absolute Gasteiger partial charge is 0.478 e. The topological polar surface area (TPSA) is 87.7 Å². The number of hydrazine groups is 1. The predicted molar refractivity (Wildman–Crippen MR) is 104 cm³/mol. The summed E-state index contributed by atoms with van der Waals surface area (Å²) in [5, 5.41) is 0. The molecule has 1 saturated heterocycles. The van der Waals surface area contributed by atoms with Gasteiger partial charge in [-0.15, -0.1) is 0 Å². The van der Waals surface area contributed by atoms with Crippen LogP contribution in [0.4, 0.5) is 10.1 Å². The van der Waals surface area contributed by atoms with Gasteiger partial charge in [0.25, 0.3) is 5.91 Å². The zero-order chi connectivity index (χ0) is 21.0. The highest BCUT2D eigenvalue weighted by atomic mass is 19.1. The fourth-order valence-electron chi connectivity index (χ4n) is 2.97. The molecule has 2 aromatic rings. The maximum atomic E-state index is 13.6. The fraction of sp³-hybridized carbons (Fsp3) is 0.286. The van der Waals surface area contributed by atoms with E-state index in [-0.39, 0.29) is 24.6 Å². The molecule has 1 aliphatic heterocycles. The number of rotatable bonds is 5. The van der Waals surface area contributed by atoms with Gasteiger partial charge in [-0.05, 0) is 38.1 Å². The van der Waals surface area contributed by atoms with E-state index >= 15 is 0 Å². The minimum Gasteiger partial charge on any atom is -0.478 e. The van der Waals surface area contributed by atoms with Gasteiger partial charge in [0.2, 0.25) is 11.8 Å². The lowest BCUT2D eigenvalue weighted by Gasteiger charge is -2.18. The number of hydrogen-bond donors (Lipinski definition) is 2. The van der Waals surface area contributed by atoms with Crippen molar-refractivity contribution in [3.63, 3.8) is 0 Å². The summed E-state index contributed by atoms with van der Waals surface area (Å²) in [5.41, 5.74) is 6.38. The van der Waals surface area contributed by atoms with Crippen LogP contribution in [-0.4, -0.2) is 30.4 Å². The van der Waals surface area contributed by atoms with Gasteiger partial charge in [0.05, 0.1) is 5.92 Å². The molecule has 3 amide bonds. The van der Waals surface area contributed by atoms with Gasteiger partial charge in [-0.2, -0.15) is 0 Å². The standard InChI is InChI=1S/C21H22FN3O4/c1-13-7-9-16(10-8-13)25-12-15(11-19(25)26)21(28)24-23-20(27)14(2)29-18-6-4-3-5-17(18)22/h3-10,14-15H,11-12H2,1-2H3,(H,23,27)(H,24,28)/t14-,15+/m1/s1. The van der Waals surface area contributed by atoms with Crippen LogP contribution in [0.15, 0.2) is 48.5 Å². The van der Waals surface area contributed by atoms with E-state index < -0.39 is 29.7 Å². The number of amides is 3. The van der Waals surface area contributed by atoms with Gasteiger partial charge in [-0.1, -0.05) is 29.8 Å². The molecule has 2 aromatic carbocycles. The van der Waals surface area contributed by atoms with Crippen molar-refractivity contribution in [3.05, 3.63) is 59.9 Å². The smallest absolute Gasteiger partial charge is 0.279 e. The minimum atomic E-state index is -1.03. The number of nitrogens with zero attached hydrogens (tertiary/aromatic N) is 1. The Bertz CT molecular complexity index is 916. The normalized spacial score (nSPS) is 17.0. The molecule has 152 valence electrons. The third-order valence-electron chi connectivity index (χ3n) is 4.66. The molecule has 2 N–H and O–H groups in total. The Labute approximate surface area is 167 Å². The number of carbonyl (C=O) groups is 3. The summed E-state index contributed by atoms with van der Waals surface area (Å²) in [6.07, 6.45) is -0.974. The number of halogens is 1. The van der Waals surface area contributed by atoms with Crippen LogP contribution >= 0.6 is 0 Å². The lowest BCUT2D eigenvalue weighted by Crippen LogP contribution is -2.49. The summed E-state index contributed by atoms with van der Waals surface area (Å²) in [4.78, 5) is 38.3. The number of ether oxygens (including phenoxy) is 1. The van der Waals surface area contributed by atoms with Crippen molar-refractivity contribution in [2.24, 2.45) is 5.92 Å². The van der Waals surface area contributed by atoms with Crippen molar-refractivity contribution < 1.29 is 23.5 Å². The molecule has 0 aliphatic carbocycles. The molecule has 0 spiro atoms. The van der Waals surface area contributed by atoms with Gasteiger partial charge in [0, 0.05) is 18.7 Å². The number of benzene rings is 2. The van der Waals surface area contributed by atoms with Gasteiger partial charge in [-0.3, -0.25) is 25.2 Å². The molecule has 29 heavy (non-hydrogen) atoms. The SMILES string of the molecule is Cc1ccc(N2C[C@@H](C(=O)NNC(=O)[C@@H](C)Oc3ccccc3F)CC2=O)cc1. The van der Waals surface area contributed by atoms with Crippen molar-refractivity contribution in [1.82, 2.24) is 10.9 Å². The average Bonchev–Trinajstić information content (AvgIpc) is 3.10.